The smallest absolute Gasteiger partial charge is 0.335 e. The summed E-state index contributed by atoms with van der Waals surface area (Å²) in [5.41, 5.74) is 1.57. The third-order valence-corrected chi connectivity index (χ3v) is 4.02. The summed E-state index contributed by atoms with van der Waals surface area (Å²) in [5.74, 6) is -4.75. The first-order valence-corrected chi connectivity index (χ1v) is 7.63. The van der Waals surface area contributed by atoms with Crippen LogP contribution in [0.25, 0.3) is 6.08 Å². The summed E-state index contributed by atoms with van der Waals surface area (Å²) in [7, 11) is 0. The van der Waals surface area contributed by atoms with Crippen LogP contribution in [0.4, 0.5) is 8.78 Å². The summed E-state index contributed by atoms with van der Waals surface area (Å²) in [6, 6.07) is 12.3. The van der Waals surface area contributed by atoms with E-state index >= 15 is 0 Å². The minimum absolute atomic E-state index is 0.0127. The number of rotatable bonds is 5. The molecule has 25 heavy (non-hydrogen) atoms. The molecule has 3 nitrogen and oxygen atoms in total. The molecule has 0 saturated heterocycles. The van der Waals surface area contributed by atoms with Crippen molar-refractivity contribution in [2.45, 2.75) is 26.2 Å². The normalized spacial score (nSPS) is 11.9. The maximum atomic E-state index is 14.6. The van der Waals surface area contributed by atoms with Crippen molar-refractivity contribution in [1.82, 2.24) is 0 Å². The molecule has 0 atom stereocenters. The molecular weight excluding hydrogens is 324 g/mol. The Bertz CT molecular complexity index is 880. The predicted molar refractivity (Wildman–Crippen MR) is 91.6 cm³/mol. The average molecular weight is 341 g/mol. The van der Waals surface area contributed by atoms with Crippen molar-refractivity contribution in [3.05, 3.63) is 75.9 Å². The van der Waals surface area contributed by atoms with E-state index < -0.39 is 23.9 Å². The Hall–Kier alpha value is -3.00. The Labute approximate surface area is 144 Å². The highest BCUT2D eigenvalue weighted by molar-refractivity contribution is 5.89. The standard InChI is InChI=1S/C20H17F2NO2/c1-13-7-8-15(9-14(13)2)10-17(12-23)20(21,22)11-16-5-3-4-6-18(16)19(24)25/h3-10H,11H2,1-2H3,(H,24,25)/b17-10+. The molecule has 128 valence electrons. The van der Waals surface area contributed by atoms with Crippen molar-refractivity contribution < 1.29 is 18.7 Å². The molecule has 0 unspecified atom stereocenters. The van der Waals surface area contributed by atoms with Crippen LogP contribution in [0, 0.1) is 25.2 Å². The van der Waals surface area contributed by atoms with E-state index in [4.69, 9.17) is 5.11 Å². The SMILES string of the molecule is Cc1ccc(/C=C(\C#N)C(F)(F)Cc2ccccc2C(=O)O)cc1C. The second-order valence-electron chi connectivity index (χ2n) is 5.86. The number of hydrogen-bond acceptors (Lipinski definition) is 2. The number of nitrogens with zero attached hydrogens (tertiary/aromatic N) is 1. The van der Waals surface area contributed by atoms with Gasteiger partial charge in [0, 0.05) is 6.42 Å². The quantitative estimate of drug-likeness (QED) is 0.796. The Morgan fingerprint density at radius 2 is 1.88 bits per heavy atom. The van der Waals surface area contributed by atoms with E-state index in [9.17, 15) is 18.8 Å². The number of carbonyl (C=O) groups is 1. The fourth-order valence-corrected chi connectivity index (χ4v) is 2.46. The zero-order valence-corrected chi connectivity index (χ0v) is 13.9. The molecule has 2 aromatic carbocycles. The first-order valence-electron chi connectivity index (χ1n) is 7.63. The second kappa shape index (κ2) is 7.27. The zero-order valence-electron chi connectivity index (χ0n) is 13.9. The van der Waals surface area contributed by atoms with Crippen LogP contribution in [0.15, 0.2) is 48.0 Å². The molecule has 0 saturated carbocycles. The third kappa shape index (κ3) is 4.30. The number of aromatic carboxylic acids is 1. The highest BCUT2D eigenvalue weighted by Gasteiger charge is 2.36. The van der Waals surface area contributed by atoms with Crippen LogP contribution in [-0.4, -0.2) is 17.0 Å². The highest BCUT2D eigenvalue weighted by Crippen LogP contribution is 2.31. The minimum Gasteiger partial charge on any atom is -0.478 e. The fraction of sp³-hybridized carbons (Fsp3) is 0.200. The van der Waals surface area contributed by atoms with E-state index in [0.29, 0.717) is 5.56 Å². The van der Waals surface area contributed by atoms with E-state index in [1.54, 1.807) is 24.3 Å². The number of halogens is 2. The molecule has 0 aromatic heterocycles. The van der Waals surface area contributed by atoms with Crippen LogP contribution in [0.3, 0.4) is 0 Å². The lowest BCUT2D eigenvalue weighted by molar-refractivity contribution is 0.0475. The van der Waals surface area contributed by atoms with Crippen LogP contribution < -0.4 is 0 Å². The van der Waals surface area contributed by atoms with Crippen LogP contribution in [0.2, 0.25) is 0 Å². The number of allylic oxidation sites excluding steroid dienone is 1. The minimum atomic E-state index is -3.47. The van der Waals surface area contributed by atoms with E-state index in [-0.39, 0.29) is 11.1 Å². The van der Waals surface area contributed by atoms with E-state index in [0.717, 1.165) is 17.2 Å². The first-order chi connectivity index (χ1) is 11.7. The van der Waals surface area contributed by atoms with Gasteiger partial charge in [0.1, 0.15) is 6.07 Å². The van der Waals surface area contributed by atoms with E-state index in [1.165, 1.54) is 24.3 Å². The maximum Gasteiger partial charge on any atom is 0.335 e. The van der Waals surface area contributed by atoms with Gasteiger partial charge >= 0.3 is 5.97 Å². The zero-order chi connectivity index (χ0) is 18.6. The summed E-state index contributed by atoms with van der Waals surface area (Å²) >= 11 is 0. The fourth-order valence-electron chi connectivity index (χ4n) is 2.46. The number of hydrogen-bond donors (Lipinski definition) is 1. The summed E-state index contributed by atoms with van der Waals surface area (Å²) in [6.45, 7) is 3.77. The van der Waals surface area contributed by atoms with Gasteiger partial charge in [0.2, 0.25) is 0 Å². The average Bonchev–Trinajstić information content (AvgIpc) is 2.55. The number of aryl methyl sites for hydroxylation is 2. The molecule has 0 aliphatic rings. The van der Waals surface area contributed by atoms with Gasteiger partial charge in [-0.25, -0.2) is 13.6 Å². The molecule has 0 heterocycles. The molecule has 0 spiro atoms. The van der Waals surface area contributed by atoms with Crippen LogP contribution >= 0.6 is 0 Å². The van der Waals surface area contributed by atoms with Gasteiger partial charge in [0.25, 0.3) is 5.92 Å². The largest absolute Gasteiger partial charge is 0.478 e. The third-order valence-electron chi connectivity index (χ3n) is 4.02. The van der Waals surface area contributed by atoms with Crippen molar-refractivity contribution in [2.24, 2.45) is 0 Å². The summed E-state index contributed by atoms with van der Waals surface area (Å²) in [6.07, 6.45) is 0.301. The molecule has 0 amide bonds. The van der Waals surface area contributed by atoms with Crippen LogP contribution in [-0.2, 0) is 6.42 Å². The number of benzene rings is 2. The van der Waals surface area contributed by atoms with Gasteiger partial charge in [-0.05, 0) is 48.2 Å². The summed E-state index contributed by atoms with van der Waals surface area (Å²) in [4.78, 5) is 11.2. The number of alkyl halides is 2. The van der Waals surface area contributed by atoms with Gasteiger partial charge < -0.3 is 5.11 Å². The Balaban J connectivity index is 2.39. The summed E-state index contributed by atoms with van der Waals surface area (Å²) in [5, 5.41) is 18.3. The lowest BCUT2D eigenvalue weighted by Crippen LogP contribution is -2.23. The van der Waals surface area contributed by atoms with Gasteiger partial charge in [-0.15, -0.1) is 0 Å². The molecule has 0 aliphatic heterocycles. The van der Waals surface area contributed by atoms with Gasteiger partial charge in [0.15, 0.2) is 0 Å². The van der Waals surface area contributed by atoms with Crippen LogP contribution in [0.5, 0.6) is 0 Å². The van der Waals surface area contributed by atoms with Crippen molar-refractivity contribution >= 4 is 12.0 Å². The maximum absolute atomic E-state index is 14.6. The Morgan fingerprint density at radius 1 is 1.20 bits per heavy atom. The second-order valence-corrected chi connectivity index (χ2v) is 5.86. The lowest BCUT2D eigenvalue weighted by Gasteiger charge is -2.17. The van der Waals surface area contributed by atoms with Gasteiger partial charge in [-0.3, -0.25) is 0 Å². The molecule has 0 aliphatic carbocycles. The van der Waals surface area contributed by atoms with Crippen molar-refractivity contribution in [3.63, 3.8) is 0 Å². The van der Waals surface area contributed by atoms with Crippen molar-refractivity contribution in [1.29, 1.82) is 5.26 Å². The lowest BCUT2D eigenvalue weighted by atomic mass is 9.95. The van der Waals surface area contributed by atoms with E-state index in [1.807, 2.05) is 13.8 Å². The van der Waals surface area contributed by atoms with Crippen molar-refractivity contribution in [3.8, 4) is 6.07 Å². The predicted octanol–water partition coefficient (Wildman–Crippen LogP) is 4.79. The van der Waals surface area contributed by atoms with Crippen LogP contribution in [0.1, 0.15) is 32.6 Å². The first kappa shape index (κ1) is 18.3. The Morgan fingerprint density at radius 3 is 2.48 bits per heavy atom. The molecule has 1 N–H and O–H groups in total. The molecule has 2 aromatic rings. The Kier molecular flexibility index (Phi) is 5.33. The van der Waals surface area contributed by atoms with Crippen molar-refractivity contribution in [2.75, 3.05) is 0 Å². The monoisotopic (exact) mass is 341 g/mol. The van der Waals surface area contributed by atoms with E-state index in [2.05, 4.69) is 0 Å². The molecular formula is C20H17F2NO2. The summed E-state index contributed by atoms with van der Waals surface area (Å²) < 4.78 is 29.2. The topological polar surface area (TPSA) is 61.1 Å². The molecule has 0 radical (unpaired) electrons. The highest BCUT2D eigenvalue weighted by atomic mass is 19.3. The number of carboxylic acid groups (broad SMARTS) is 1. The molecule has 5 heteroatoms. The number of carboxylic acids is 1. The van der Waals surface area contributed by atoms with Gasteiger partial charge in [-0.1, -0.05) is 36.4 Å². The molecule has 2 rings (SSSR count). The van der Waals surface area contributed by atoms with Gasteiger partial charge in [0.05, 0.1) is 11.1 Å². The molecule has 0 bridgehead atoms. The molecule has 0 fully saturated rings. The number of nitriles is 1. The van der Waals surface area contributed by atoms with Gasteiger partial charge in [-0.2, -0.15) is 5.26 Å².